The highest BCUT2D eigenvalue weighted by Crippen LogP contribution is 2.21. The third kappa shape index (κ3) is 3.10. The van der Waals surface area contributed by atoms with Crippen molar-refractivity contribution in [2.24, 2.45) is 0 Å². The number of carbonyl (C=O) groups excluding carboxylic acids is 1. The van der Waals surface area contributed by atoms with E-state index in [1.165, 1.54) is 12.5 Å². The normalized spacial score (nSPS) is 10.6. The van der Waals surface area contributed by atoms with Crippen LogP contribution in [-0.4, -0.2) is 25.8 Å². The van der Waals surface area contributed by atoms with Gasteiger partial charge in [0.15, 0.2) is 5.16 Å². The van der Waals surface area contributed by atoms with E-state index in [-0.39, 0.29) is 5.12 Å². The van der Waals surface area contributed by atoms with E-state index in [0.29, 0.717) is 23.1 Å². The van der Waals surface area contributed by atoms with Crippen LogP contribution in [0.15, 0.2) is 34.5 Å². The second-order valence-corrected chi connectivity index (χ2v) is 4.57. The van der Waals surface area contributed by atoms with Crippen LogP contribution < -0.4 is 0 Å². The Morgan fingerprint density at radius 1 is 1.59 bits per heavy atom. The maximum atomic E-state index is 11.8. The lowest BCUT2D eigenvalue weighted by Gasteiger charge is -2.02. The monoisotopic (exact) mass is 271 g/mol. The van der Waals surface area contributed by atoms with Gasteiger partial charge in [0.05, 0.1) is 11.8 Å². The number of hydrogen-bond acceptors (Lipinski definition) is 5. The molecule has 0 unspecified atom stereocenters. The van der Waals surface area contributed by atoms with Crippen LogP contribution in [-0.2, 0) is 6.54 Å². The number of alkyl halides is 1. The number of carbonyl (C=O) groups is 1. The lowest BCUT2D eigenvalue weighted by molar-refractivity contribution is 0.108. The Bertz CT molecular complexity index is 483. The molecule has 0 aromatic carbocycles. The van der Waals surface area contributed by atoms with Crippen molar-refractivity contribution in [3.05, 3.63) is 30.5 Å². The fourth-order valence-electron chi connectivity index (χ4n) is 1.23. The first-order valence-corrected chi connectivity index (χ1v) is 6.34. The van der Waals surface area contributed by atoms with Crippen LogP contribution in [0.2, 0.25) is 0 Å². The predicted molar refractivity (Wildman–Crippen MR) is 64.3 cm³/mol. The molecule has 0 aliphatic heterocycles. The molecular formula is C10H10ClN3O2S. The number of rotatable bonds is 5. The molecule has 0 fully saturated rings. The molecule has 5 nitrogen and oxygen atoms in total. The number of thioether (sulfide) groups is 1. The molecule has 0 N–H and O–H groups in total. The third-order valence-corrected chi connectivity index (χ3v) is 3.24. The van der Waals surface area contributed by atoms with Gasteiger partial charge < -0.3 is 8.98 Å². The molecule has 0 bridgehead atoms. The third-order valence-electron chi connectivity index (χ3n) is 2.05. The minimum absolute atomic E-state index is 0.112. The van der Waals surface area contributed by atoms with E-state index in [9.17, 15) is 4.79 Å². The second-order valence-electron chi connectivity index (χ2n) is 3.25. The summed E-state index contributed by atoms with van der Waals surface area (Å²) < 4.78 is 6.67. The van der Waals surface area contributed by atoms with Crippen molar-refractivity contribution in [2.45, 2.75) is 18.1 Å². The number of aromatic nitrogens is 3. The van der Waals surface area contributed by atoms with Crippen LogP contribution in [0.1, 0.15) is 16.8 Å². The van der Waals surface area contributed by atoms with Gasteiger partial charge in [-0.15, -0.1) is 21.8 Å². The number of nitrogens with zero attached hydrogens (tertiary/aromatic N) is 3. The van der Waals surface area contributed by atoms with Gasteiger partial charge >= 0.3 is 0 Å². The Labute approximate surface area is 107 Å². The standard InChI is InChI=1S/C10H10ClN3O2S/c11-3-1-4-14-7-12-13-10(14)17-9(15)8-2-5-16-6-8/h2,5-7H,1,3-4H2. The van der Waals surface area contributed by atoms with E-state index < -0.39 is 0 Å². The summed E-state index contributed by atoms with van der Waals surface area (Å²) in [4.78, 5) is 11.8. The van der Waals surface area contributed by atoms with Crippen LogP contribution in [0.3, 0.4) is 0 Å². The smallest absolute Gasteiger partial charge is 0.230 e. The topological polar surface area (TPSA) is 60.9 Å². The quantitative estimate of drug-likeness (QED) is 0.617. The maximum absolute atomic E-state index is 11.8. The van der Waals surface area contributed by atoms with E-state index in [0.717, 1.165) is 18.2 Å². The van der Waals surface area contributed by atoms with Crippen LogP contribution in [0.4, 0.5) is 0 Å². The average Bonchev–Trinajstić information content (AvgIpc) is 2.97. The van der Waals surface area contributed by atoms with Crippen molar-refractivity contribution >= 4 is 28.5 Å². The van der Waals surface area contributed by atoms with Gasteiger partial charge in [0, 0.05) is 12.4 Å². The fourth-order valence-corrected chi connectivity index (χ4v) is 2.09. The van der Waals surface area contributed by atoms with Crippen molar-refractivity contribution in [3.63, 3.8) is 0 Å². The van der Waals surface area contributed by atoms with E-state index in [4.69, 9.17) is 16.0 Å². The molecule has 0 radical (unpaired) electrons. The van der Waals surface area contributed by atoms with Gasteiger partial charge in [-0.2, -0.15) is 0 Å². The summed E-state index contributed by atoms with van der Waals surface area (Å²) in [5.41, 5.74) is 0.516. The van der Waals surface area contributed by atoms with Crippen molar-refractivity contribution in [1.82, 2.24) is 14.8 Å². The van der Waals surface area contributed by atoms with Gasteiger partial charge in [0.25, 0.3) is 0 Å². The summed E-state index contributed by atoms with van der Waals surface area (Å²) in [5.74, 6) is 0.567. The lowest BCUT2D eigenvalue weighted by Crippen LogP contribution is -2.01. The highest BCUT2D eigenvalue weighted by atomic mass is 35.5. The van der Waals surface area contributed by atoms with Gasteiger partial charge in [-0.05, 0) is 24.2 Å². The largest absolute Gasteiger partial charge is 0.472 e. The average molecular weight is 272 g/mol. The number of hydrogen-bond donors (Lipinski definition) is 0. The minimum Gasteiger partial charge on any atom is -0.472 e. The molecule has 0 saturated carbocycles. The molecule has 2 rings (SSSR count). The molecule has 2 aromatic heterocycles. The number of halogens is 1. The van der Waals surface area contributed by atoms with Crippen LogP contribution in [0.5, 0.6) is 0 Å². The van der Waals surface area contributed by atoms with E-state index >= 15 is 0 Å². The first kappa shape index (κ1) is 12.2. The van der Waals surface area contributed by atoms with E-state index in [1.807, 2.05) is 4.57 Å². The second kappa shape index (κ2) is 5.88. The highest BCUT2D eigenvalue weighted by molar-refractivity contribution is 8.14. The highest BCUT2D eigenvalue weighted by Gasteiger charge is 2.13. The Morgan fingerprint density at radius 3 is 3.18 bits per heavy atom. The lowest BCUT2D eigenvalue weighted by atomic mass is 10.4. The molecule has 0 atom stereocenters. The Morgan fingerprint density at radius 2 is 2.47 bits per heavy atom. The Kier molecular flexibility index (Phi) is 4.22. The molecular weight excluding hydrogens is 262 g/mol. The van der Waals surface area contributed by atoms with Gasteiger partial charge in [0.1, 0.15) is 12.6 Å². The molecule has 0 spiro atoms. The fraction of sp³-hybridized carbons (Fsp3) is 0.300. The molecule has 2 heterocycles. The number of aryl methyl sites for hydroxylation is 1. The summed E-state index contributed by atoms with van der Waals surface area (Å²) in [7, 11) is 0. The van der Waals surface area contributed by atoms with Crippen molar-refractivity contribution < 1.29 is 9.21 Å². The first-order chi connectivity index (χ1) is 8.31. The van der Waals surface area contributed by atoms with Gasteiger partial charge in [-0.3, -0.25) is 4.79 Å². The maximum Gasteiger partial charge on any atom is 0.230 e. The summed E-state index contributed by atoms with van der Waals surface area (Å²) in [6, 6.07) is 1.62. The first-order valence-electron chi connectivity index (χ1n) is 4.99. The summed E-state index contributed by atoms with van der Waals surface area (Å²) >= 11 is 6.65. The molecule has 2 aromatic rings. The Balaban J connectivity index is 2.03. The van der Waals surface area contributed by atoms with Crippen molar-refractivity contribution in [1.29, 1.82) is 0 Å². The molecule has 90 valence electrons. The SMILES string of the molecule is O=C(Sc1nncn1CCCCl)c1ccoc1. The molecule has 17 heavy (non-hydrogen) atoms. The zero-order valence-corrected chi connectivity index (χ0v) is 10.4. The minimum atomic E-state index is -0.112. The van der Waals surface area contributed by atoms with Gasteiger partial charge in [-0.25, -0.2) is 0 Å². The van der Waals surface area contributed by atoms with Gasteiger partial charge in [-0.1, -0.05) is 0 Å². The zero-order chi connectivity index (χ0) is 12.1. The van der Waals surface area contributed by atoms with E-state index in [2.05, 4.69) is 10.2 Å². The van der Waals surface area contributed by atoms with Crippen LogP contribution >= 0.6 is 23.4 Å². The summed E-state index contributed by atoms with van der Waals surface area (Å²) in [6.07, 6.45) is 5.28. The molecule has 0 aliphatic rings. The molecule has 7 heteroatoms. The Hall–Kier alpha value is -1.27. The zero-order valence-electron chi connectivity index (χ0n) is 8.88. The van der Waals surface area contributed by atoms with Crippen molar-refractivity contribution in [2.75, 3.05) is 5.88 Å². The summed E-state index contributed by atoms with van der Waals surface area (Å²) in [6.45, 7) is 0.706. The molecule has 0 amide bonds. The predicted octanol–water partition coefficient (Wildman–Crippen LogP) is 2.43. The van der Waals surface area contributed by atoms with E-state index in [1.54, 1.807) is 12.4 Å². The molecule has 0 aliphatic carbocycles. The molecule has 0 saturated heterocycles. The van der Waals surface area contributed by atoms with Crippen molar-refractivity contribution in [3.8, 4) is 0 Å². The van der Waals surface area contributed by atoms with Gasteiger partial charge in [0.2, 0.25) is 5.12 Å². The van der Waals surface area contributed by atoms with Crippen LogP contribution in [0.25, 0.3) is 0 Å². The summed E-state index contributed by atoms with van der Waals surface area (Å²) in [5, 5.41) is 8.14. The van der Waals surface area contributed by atoms with Crippen LogP contribution in [0, 0.1) is 0 Å². The number of furan rings is 1.